The van der Waals surface area contributed by atoms with Crippen LogP contribution < -0.4 is 9.64 Å². The number of hydrogen-bond acceptors (Lipinski definition) is 5. The van der Waals surface area contributed by atoms with Crippen LogP contribution in [0.25, 0.3) is 0 Å². The Bertz CT molecular complexity index is 936. The number of hydrogen-bond donors (Lipinski definition) is 1. The monoisotopic (exact) mass is 419 g/mol. The Labute approximate surface area is 171 Å². The summed E-state index contributed by atoms with van der Waals surface area (Å²) in [5.41, 5.74) is 1.56. The number of quaternary nitrogens is 1. The van der Waals surface area contributed by atoms with Crippen LogP contribution in [-0.2, 0) is 21.3 Å². The molecule has 7 nitrogen and oxygen atoms in total. The van der Waals surface area contributed by atoms with Gasteiger partial charge in [0.1, 0.15) is 12.3 Å². The molecule has 1 aliphatic heterocycles. The number of rotatable bonds is 7. The zero-order valence-electron chi connectivity index (χ0n) is 16.8. The zero-order valence-corrected chi connectivity index (χ0v) is 17.6. The molecule has 0 amide bonds. The third-order valence-corrected chi connectivity index (χ3v) is 6.92. The van der Waals surface area contributed by atoms with Gasteiger partial charge in [0.25, 0.3) is 0 Å². The highest BCUT2D eigenvalue weighted by Gasteiger charge is 2.30. The number of methoxy groups -OCH3 is 1. The molecule has 0 radical (unpaired) electrons. The highest BCUT2D eigenvalue weighted by Crippen LogP contribution is 2.19. The summed E-state index contributed by atoms with van der Waals surface area (Å²) in [6.45, 7) is 5.50. The number of nitrogens with zero attached hydrogens (tertiary/aromatic N) is 1. The minimum Gasteiger partial charge on any atom is -0.494 e. The Morgan fingerprint density at radius 3 is 2.41 bits per heavy atom. The fourth-order valence-corrected chi connectivity index (χ4v) is 4.90. The van der Waals surface area contributed by atoms with Crippen molar-refractivity contribution in [1.82, 2.24) is 4.31 Å². The molecule has 156 valence electrons. The summed E-state index contributed by atoms with van der Waals surface area (Å²) in [6, 6.07) is 13.9. The van der Waals surface area contributed by atoms with Gasteiger partial charge in [-0.25, -0.2) is 13.2 Å². The van der Waals surface area contributed by atoms with Gasteiger partial charge in [0.2, 0.25) is 10.0 Å². The van der Waals surface area contributed by atoms with Crippen molar-refractivity contribution in [3.05, 3.63) is 59.7 Å². The molecule has 1 fully saturated rings. The fraction of sp³-hybridized carbons (Fsp3) is 0.381. The van der Waals surface area contributed by atoms with Gasteiger partial charge in [-0.2, -0.15) is 4.31 Å². The van der Waals surface area contributed by atoms with Gasteiger partial charge in [0, 0.05) is 5.56 Å². The molecule has 0 unspecified atom stereocenters. The van der Waals surface area contributed by atoms with E-state index in [0.29, 0.717) is 44.1 Å². The Hall–Kier alpha value is -2.42. The van der Waals surface area contributed by atoms with E-state index in [-0.39, 0.29) is 10.9 Å². The molecule has 1 saturated heterocycles. The molecule has 0 spiro atoms. The van der Waals surface area contributed by atoms with Crippen molar-refractivity contribution in [2.45, 2.75) is 18.4 Å². The largest absolute Gasteiger partial charge is 0.494 e. The molecule has 0 bridgehead atoms. The average Bonchev–Trinajstić information content (AvgIpc) is 2.74. The van der Waals surface area contributed by atoms with Gasteiger partial charge in [-0.3, -0.25) is 0 Å². The summed E-state index contributed by atoms with van der Waals surface area (Å²) in [6.07, 6.45) is 0. The van der Waals surface area contributed by atoms with Crippen molar-refractivity contribution < 1.29 is 27.6 Å². The minimum atomic E-state index is -3.51. The van der Waals surface area contributed by atoms with Gasteiger partial charge in [0.05, 0.1) is 50.4 Å². The summed E-state index contributed by atoms with van der Waals surface area (Å²) in [4.78, 5) is 13.3. The maximum Gasteiger partial charge on any atom is 0.337 e. The third-order valence-electron chi connectivity index (χ3n) is 5.00. The first-order valence-corrected chi connectivity index (χ1v) is 11.1. The first-order valence-electron chi connectivity index (χ1n) is 9.68. The number of nitrogens with one attached hydrogen (secondary N) is 1. The number of carbonyl (C=O) groups is 1. The van der Waals surface area contributed by atoms with E-state index in [1.807, 2.05) is 25.1 Å². The molecular formula is C21H27N2O5S+. The normalized spacial score (nSPS) is 15.8. The molecule has 8 heteroatoms. The van der Waals surface area contributed by atoms with E-state index in [1.54, 1.807) is 30.3 Å². The fourth-order valence-electron chi connectivity index (χ4n) is 3.46. The van der Waals surface area contributed by atoms with Crippen LogP contribution in [0.15, 0.2) is 53.4 Å². The van der Waals surface area contributed by atoms with Crippen LogP contribution in [0.5, 0.6) is 5.75 Å². The van der Waals surface area contributed by atoms with Crippen LogP contribution in [0.1, 0.15) is 22.8 Å². The Morgan fingerprint density at radius 2 is 1.79 bits per heavy atom. The van der Waals surface area contributed by atoms with Gasteiger partial charge >= 0.3 is 5.97 Å². The maximum absolute atomic E-state index is 12.9. The first kappa shape index (κ1) is 21.3. The number of ether oxygens (including phenoxy) is 2. The van der Waals surface area contributed by atoms with Crippen LogP contribution in [0.2, 0.25) is 0 Å². The highest BCUT2D eigenvalue weighted by atomic mass is 32.2. The molecule has 0 aliphatic carbocycles. The van der Waals surface area contributed by atoms with Crippen molar-refractivity contribution in [3.63, 3.8) is 0 Å². The van der Waals surface area contributed by atoms with Crippen molar-refractivity contribution in [3.8, 4) is 5.75 Å². The van der Waals surface area contributed by atoms with Crippen molar-refractivity contribution in [2.24, 2.45) is 0 Å². The van der Waals surface area contributed by atoms with E-state index >= 15 is 0 Å². The number of sulfonamides is 1. The minimum absolute atomic E-state index is 0.287. The van der Waals surface area contributed by atoms with E-state index in [0.717, 1.165) is 12.1 Å². The second-order valence-corrected chi connectivity index (χ2v) is 8.87. The Balaban J connectivity index is 1.60. The van der Waals surface area contributed by atoms with Gasteiger partial charge < -0.3 is 14.4 Å². The number of carbonyl (C=O) groups excluding carboxylic acids is 1. The summed E-state index contributed by atoms with van der Waals surface area (Å²) >= 11 is 0. The number of piperazine rings is 1. The molecule has 3 rings (SSSR count). The molecule has 2 aromatic carbocycles. The van der Waals surface area contributed by atoms with Crippen LogP contribution >= 0.6 is 0 Å². The summed E-state index contributed by atoms with van der Waals surface area (Å²) < 4.78 is 37.5. The van der Waals surface area contributed by atoms with Crippen molar-refractivity contribution in [1.29, 1.82) is 0 Å². The Kier molecular flexibility index (Phi) is 6.89. The second-order valence-electron chi connectivity index (χ2n) is 6.93. The van der Waals surface area contributed by atoms with E-state index in [9.17, 15) is 13.2 Å². The number of esters is 1. The quantitative estimate of drug-likeness (QED) is 0.677. The lowest BCUT2D eigenvalue weighted by Crippen LogP contribution is -3.13. The molecule has 1 aliphatic rings. The molecule has 1 N–H and O–H groups in total. The molecule has 2 aromatic rings. The molecular weight excluding hydrogens is 392 g/mol. The summed E-state index contributed by atoms with van der Waals surface area (Å²) in [5.74, 6) is 0.308. The zero-order chi connectivity index (χ0) is 20.9. The van der Waals surface area contributed by atoms with Crippen LogP contribution in [0.4, 0.5) is 0 Å². The predicted octanol–water partition coefficient (Wildman–Crippen LogP) is 0.961. The Morgan fingerprint density at radius 1 is 1.10 bits per heavy atom. The summed E-state index contributed by atoms with van der Waals surface area (Å²) in [5, 5.41) is 0. The van der Waals surface area contributed by atoms with E-state index in [4.69, 9.17) is 9.47 Å². The molecule has 0 saturated carbocycles. The molecule has 1 heterocycles. The topological polar surface area (TPSA) is 77.4 Å². The molecule has 0 atom stereocenters. The van der Waals surface area contributed by atoms with Crippen LogP contribution in [-0.4, -0.2) is 58.6 Å². The highest BCUT2D eigenvalue weighted by molar-refractivity contribution is 7.89. The van der Waals surface area contributed by atoms with Crippen molar-refractivity contribution in [2.75, 3.05) is 39.9 Å². The van der Waals surface area contributed by atoms with Gasteiger partial charge in [-0.05, 0) is 43.3 Å². The molecule has 0 aromatic heterocycles. The first-order chi connectivity index (χ1) is 13.9. The second kappa shape index (κ2) is 9.39. The molecule has 29 heavy (non-hydrogen) atoms. The van der Waals surface area contributed by atoms with Gasteiger partial charge in [0.15, 0.2) is 0 Å². The van der Waals surface area contributed by atoms with Crippen molar-refractivity contribution >= 4 is 16.0 Å². The average molecular weight is 420 g/mol. The van der Waals surface area contributed by atoms with Gasteiger partial charge in [-0.15, -0.1) is 0 Å². The number of benzene rings is 2. The van der Waals surface area contributed by atoms with Gasteiger partial charge in [-0.1, -0.05) is 12.1 Å². The van der Waals surface area contributed by atoms with E-state index in [1.165, 1.54) is 16.3 Å². The SMILES string of the molecule is CCOc1ccc(S(=O)(=O)N2CC[NH+](Cc3cccc(C(=O)OC)c3)CC2)cc1. The lowest BCUT2D eigenvalue weighted by atomic mass is 10.1. The van der Waals surface area contributed by atoms with E-state index in [2.05, 4.69) is 0 Å². The predicted molar refractivity (Wildman–Crippen MR) is 109 cm³/mol. The standard InChI is InChI=1S/C21H26N2O5S/c1-3-28-19-7-9-20(10-8-19)29(25,26)23-13-11-22(12-14-23)16-17-5-4-6-18(15-17)21(24)27-2/h4-10,15H,3,11-14,16H2,1-2H3/p+1. The lowest BCUT2D eigenvalue weighted by Gasteiger charge is -2.31. The van der Waals surface area contributed by atoms with E-state index < -0.39 is 10.0 Å². The lowest BCUT2D eigenvalue weighted by molar-refractivity contribution is -0.917. The summed E-state index contributed by atoms with van der Waals surface area (Å²) in [7, 11) is -2.14. The smallest absolute Gasteiger partial charge is 0.337 e. The van der Waals surface area contributed by atoms with Crippen LogP contribution in [0.3, 0.4) is 0 Å². The maximum atomic E-state index is 12.9. The third kappa shape index (κ3) is 5.14. The van der Waals surface area contributed by atoms with Crippen LogP contribution in [0, 0.1) is 0 Å².